The first-order chi connectivity index (χ1) is 12.0. The molecule has 25 heavy (non-hydrogen) atoms. The first-order valence-corrected chi connectivity index (χ1v) is 8.80. The number of carbonyl (C=O) groups is 1. The predicted octanol–water partition coefficient (Wildman–Crippen LogP) is 2.25. The highest BCUT2D eigenvalue weighted by atomic mass is 16.5. The van der Waals surface area contributed by atoms with Gasteiger partial charge in [-0.3, -0.25) is 4.79 Å². The number of hydrogen-bond acceptors (Lipinski definition) is 5. The average Bonchev–Trinajstić information content (AvgIpc) is 3.17. The summed E-state index contributed by atoms with van der Waals surface area (Å²) in [6.45, 7) is 4.91. The lowest BCUT2D eigenvalue weighted by molar-refractivity contribution is 0.0994. The topological polar surface area (TPSA) is 86.5 Å². The molecule has 3 N–H and O–H groups in total. The summed E-state index contributed by atoms with van der Waals surface area (Å²) in [4.78, 5) is 16.2. The number of amides is 1. The molecule has 3 atom stereocenters. The molecule has 1 aliphatic heterocycles. The zero-order valence-electron chi connectivity index (χ0n) is 14.5. The maximum Gasteiger partial charge on any atom is 0.252 e. The summed E-state index contributed by atoms with van der Waals surface area (Å²) >= 11 is 0. The zero-order valence-corrected chi connectivity index (χ0v) is 14.5. The molecule has 1 amide bonds. The maximum atomic E-state index is 11.8. The number of nitrogens with zero attached hydrogens (tertiary/aromatic N) is 1. The summed E-state index contributed by atoms with van der Waals surface area (Å²) in [6, 6.07) is 5.83. The van der Waals surface area contributed by atoms with Crippen LogP contribution in [0, 0.1) is 5.92 Å². The molecular weight excluding hydrogens is 318 g/mol. The van der Waals surface area contributed by atoms with Crippen molar-refractivity contribution in [2.75, 3.05) is 6.54 Å². The number of nitrogens with two attached hydrogens (primary N) is 1. The van der Waals surface area contributed by atoms with Crippen LogP contribution in [0.4, 0.5) is 0 Å². The minimum Gasteiger partial charge on any atom is -0.490 e. The van der Waals surface area contributed by atoms with Crippen LogP contribution in [0.3, 0.4) is 0 Å². The summed E-state index contributed by atoms with van der Waals surface area (Å²) in [5.74, 6) is 1.25. The first kappa shape index (κ1) is 16.1. The molecule has 4 rings (SSSR count). The summed E-state index contributed by atoms with van der Waals surface area (Å²) in [5.41, 5.74) is 5.89. The van der Waals surface area contributed by atoms with Gasteiger partial charge in [0.2, 0.25) is 5.88 Å². The van der Waals surface area contributed by atoms with E-state index in [0.717, 1.165) is 23.7 Å². The number of pyridine rings is 1. The van der Waals surface area contributed by atoms with E-state index < -0.39 is 5.91 Å². The highest BCUT2D eigenvalue weighted by molar-refractivity contribution is 6.01. The molecule has 6 nitrogen and oxygen atoms in total. The van der Waals surface area contributed by atoms with E-state index in [9.17, 15) is 4.79 Å². The molecule has 0 unspecified atom stereocenters. The Hall–Kier alpha value is -2.34. The Labute approximate surface area is 146 Å². The molecule has 0 spiro atoms. The van der Waals surface area contributed by atoms with Gasteiger partial charge in [-0.2, -0.15) is 0 Å². The minimum absolute atomic E-state index is 0.0636. The lowest BCUT2D eigenvalue weighted by atomic mass is 10.1. The number of piperidine rings is 1. The fourth-order valence-corrected chi connectivity index (χ4v) is 3.89. The van der Waals surface area contributed by atoms with Crippen molar-refractivity contribution in [3.8, 4) is 11.6 Å². The maximum absolute atomic E-state index is 11.8. The number of fused-ring (bicyclic) bond motifs is 3. The third-order valence-corrected chi connectivity index (χ3v) is 4.99. The van der Waals surface area contributed by atoms with Crippen LogP contribution in [0.25, 0.3) is 10.8 Å². The van der Waals surface area contributed by atoms with Gasteiger partial charge in [0.05, 0.1) is 11.7 Å². The second-order valence-electron chi connectivity index (χ2n) is 7.22. The molecule has 6 heteroatoms. The predicted molar refractivity (Wildman–Crippen MR) is 95.0 cm³/mol. The summed E-state index contributed by atoms with van der Waals surface area (Å²) in [7, 11) is 0. The largest absolute Gasteiger partial charge is 0.490 e. The van der Waals surface area contributed by atoms with Gasteiger partial charge >= 0.3 is 0 Å². The molecule has 1 saturated heterocycles. The molecule has 1 saturated carbocycles. The van der Waals surface area contributed by atoms with Gasteiger partial charge in [-0.05, 0) is 62.7 Å². The van der Waals surface area contributed by atoms with Gasteiger partial charge in [0.15, 0.2) is 0 Å². The van der Waals surface area contributed by atoms with E-state index in [2.05, 4.69) is 10.3 Å². The van der Waals surface area contributed by atoms with Crippen molar-refractivity contribution >= 4 is 16.7 Å². The summed E-state index contributed by atoms with van der Waals surface area (Å²) in [5, 5.41) is 5.20. The smallest absolute Gasteiger partial charge is 0.252 e. The number of primary amides is 1. The van der Waals surface area contributed by atoms with Gasteiger partial charge in [-0.25, -0.2) is 4.98 Å². The first-order valence-electron chi connectivity index (χ1n) is 8.80. The van der Waals surface area contributed by atoms with Crippen molar-refractivity contribution < 1.29 is 14.3 Å². The van der Waals surface area contributed by atoms with Crippen LogP contribution in [-0.4, -0.2) is 35.7 Å². The molecule has 2 heterocycles. The van der Waals surface area contributed by atoms with Crippen molar-refractivity contribution in [1.82, 2.24) is 10.3 Å². The number of ether oxygens (including phenoxy) is 2. The van der Waals surface area contributed by atoms with Gasteiger partial charge < -0.3 is 20.5 Å². The van der Waals surface area contributed by atoms with E-state index in [1.165, 1.54) is 6.42 Å². The molecule has 132 valence electrons. The van der Waals surface area contributed by atoms with Crippen LogP contribution in [0.5, 0.6) is 11.6 Å². The molecule has 0 radical (unpaired) electrons. The molecule has 1 aromatic heterocycles. The van der Waals surface area contributed by atoms with Crippen LogP contribution in [-0.2, 0) is 0 Å². The molecule has 2 aromatic rings. The van der Waals surface area contributed by atoms with Gasteiger partial charge in [0.25, 0.3) is 5.91 Å². The van der Waals surface area contributed by atoms with E-state index in [4.69, 9.17) is 15.2 Å². The van der Waals surface area contributed by atoms with Crippen LogP contribution in [0.2, 0.25) is 0 Å². The Morgan fingerprint density at radius 3 is 2.84 bits per heavy atom. The lowest BCUT2D eigenvalue weighted by Gasteiger charge is -2.24. The second kappa shape index (κ2) is 6.19. The Bertz CT molecular complexity index is 821. The molecule has 1 aliphatic carbocycles. The summed E-state index contributed by atoms with van der Waals surface area (Å²) in [6.07, 6.45) is 4.01. The Morgan fingerprint density at radius 1 is 1.36 bits per heavy atom. The number of carbonyl (C=O) groups excluding carboxylic acids is 1. The molecule has 1 aromatic carbocycles. The Kier molecular flexibility index (Phi) is 4.00. The summed E-state index contributed by atoms with van der Waals surface area (Å²) < 4.78 is 12.0. The van der Waals surface area contributed by atoms with Crippen LogP contribution >= 0.6 is 0 Å². The number of aromatic nitrogens is 1. The Morgan fingerprint density at radius 2 is 2.20 bits per heavy atom. The lowest BCUT2D eigenvalue weighted by Crippen LogP contribution is -2.40. The fraction of sp³-hybridized carbons (Fsp3) is 0.474. The van der Waals surface area contributed by atoms with E-state index in [-0.39, 0.29) is 12.2 Å². The average molecular weight is 341 g/mol. The van der Waals surface area contributed by atoms with Crippen molar-refractivity contribution in [2.24, 2.45) is 11.7 Å². The standard InChI is InChI=1S/C19H23N3O3/c1-10(2)24-16-8-13-12(7-14(16)18(20)23)3-4-21-19(13)25-17-6-11-5-15(17)22-9-11/h3-4,7-8,10-11,15,17,22H,5-6,9H2,1-2H3,(H2,20,23)/t11-,15+,17-/m1/s1. The highest BCUT2D eigenvalue weighted by Gasteiger charge is 2.41. The molecule has 2 fully saturated rings. The molecule has 2 aliphatic rings. The number of rotatable bonds is 5. The third-order valence-electron chi connectivity index (χ3n) is 4.99. The fourth-order valence-electron chi connectivity index (χ4n) is 3.89. The van der Waals surface area contributed by atoms with Crippen LogP contribution in [0.1, 0.15) is 37.0 Å². The third kappa shape index (κ3) is 3.02. The quantitative estimate of drug-likeness (QED) is 0.871. The van der Waals surface area contributed by atoms with E-state index in [1.807, 2.05) is 26.0 Å². The van der Waals surface area contributed by atoms with Crippen molar-refractivity contribution in [3.63, 3.8) is 0 Å². The normalized spacial score (nSPS) is 24.8. The highest BCUT2D eigenvalue weighted by Crippen LogP contribution is 2.36. The van der Waals surface area contributed by atoms with Crippen molar-refractivity contribution in [2.45, 2.75) is 44.9 Å². The van der Waals surface area contributed by atoms with Gasteiger partial charge in [-0.1, -0.05) is 0 Å². The minimum atomic E-state index is -0.505. The van der Waals surface area contributed by atoms with Crippen molar-refractivity contribution in [3.05, 3.63) is 30.0 Å². The van der Waals surface area contributed by atoms with Crippen LogP contribution < -0.4 is 20.5 Å². The van der Waals surface area contributed by atoms with Crippen molar-refractivity contribution in [1.29, 1.82) is 0 Å². The number of hydrogen-bond donors (Lipinski definition) is 2. The van der Waals surface area contributed by atoms with E-state index in [1.54, 1.807) is 12.3 Å². The van der Waals surface area contributed by atoms with Gasteiger partial charge in [0.1, 0.15) is 11.9 Å². The monoisotopic (exact) mass is 341 g/mol. The van der Waals surface area contributed by atoms with Crippen LogP contribution in [0.15, 0.2) is 24.4 Å². The molecular formula is C19H23N3O3. The van der Waals surface area contributed by atoms with E-state index in [0.29, 0.717) is 29.2 Å². The second-order valence-corrected chi connectivity index (χ2v) is 7.22. The van der Waals surface area contributed by atoms with Gasteiger partial charge in [-0.15, -0.1) is 0 Å². The number of nitrogens with one attached hydrogen (secondary N) is 1. The Balaban J connectivity index is 1.73. The molecule has 2 bridgehead atoms. The van der Waals surface area contributed by atoms with E-state index >= 15 is 0 Å². The zero-order chi connectivity index (χ0) is 17.6. The number of benzene rings is 1. The van der Waals surface area contributed by atoms with Gasteiger partial charge in [0, 0.05) is 17.6 Å². The SMILES string of the molecule is CC(C)Oc1cc2c(O[C@@H]3C[C@@H]4CN[C@H]3C4)nccc2cc1C(N)=O.